The van der Waals surface area contributed by atoms with Gasteiger partial charge < -0.3 is 24.4 Å². The van der Waals surface area contributed by atoms with Crippen molar-refractivity contribution < 1.29 is 38.8 Å². The Bertz CT molecular complexity index is 649. The molecule has 1 atom stereocenters. The molecule has 0 saturated carbocycles. The lowest BCUT2D eigenvalue weighted by molar-refractivity contribution is -0.155. The number of hydrogen-bond acceptors (Lipinski definition) is 8. The van der Waals surface area contributed by atoms with E-state index >= 15 is 0 Å². The molecule has 1 aromatic rings. The first-order valence-electron chi connectivity index (χ1n) is 6.68. The molecule has 0 spiro atoms. The second kappa shape index (κ2) is 8.99. The summed E-state index contributed by atoms with van der Waals surface area (Å²) in [5.74, 6) is -3.14. The largest absolute Gasteiger partial charge is 0.508 e. The molecule has 0 heterocycles. The van der Waals surface area contributed by atoms with Gasteiger partial charge in [0.05, 0.1) is 0 Å². The molecule has 0 radical (unpaired) electrons. The van der Waals surface area contributed by atoms with Crippen LogP contribution in [0.3, 0.4) is 0 Å². The summed E-state index contributed by atoms with van der Waals surface area (Å²) in [4.78, 5) is 34.2. The van der Waals surface area contributed by atoms with Crippen molar-refractivity contribution >= 4 is 17.9 Å². The molecule has 24 heavy (non-hydrogen) atoms. The van der Waals surface area contributed by atoms with E-state index in [1.54, 1.807) is 0 Å². The Hall–Kier alpha value is -3.29. The maximum Gasteiger partial charge on any atom is 0.342 e. The van der Waals surface area contributed by atoms with E-state index < -0.39 is 36.4 Å². The van der Waals surface area contributed by atoms with Gasteiger partial charge >= 0.3 is 17.9 Å². The van der Waals surface area contributed by atoms with Gasteiger partial charge in [0.1, 0.15) is 30.3 Å². The molecule has 0 aliphatic rings. The number of aromatic hydroxyl groups is 2. The van der Waals surface area contributed by atoms with Gasteiger partial charge in [0.15, 0.2) is 6.10 Å². The van der Waals surface area contributed by atoms with Crippen LogP contribution >= 0.6 is 0 Å². The number of hydrogen-bond donors (Lipinski definition) is 2. The van der Waals surface area contributed by atoms with Crippen LogP contribution in [0, 0.1) is 0 Å². The number of phenols is 2. The highest BCUT2D eigenvalue weighted by atomic mass is 16.6. The smallest absolute Gasteiger partial charge is 0.342 e. The van der Waals surface area contributed by atoms with E-state index in [-0.39, 0.29) is 17.9 Å². The first-order valence-corrected chi connectivity index (χ1v) is 6.68. The zero-order valence-electron chi connectivity index (χ0n) is 12.6. The first-order chi connectivity index (χ1) is 11.4. The Balaban J connectivity index is 2.69. The number of benzene rings is 1. The molecular formula is C16H16O8. The van der Waals surface area contributed by atoms with Crippen molar-refractivity contribution in [3.63, 3.8) is 0 Å². The van der Waals surface area contributed by atoms with Crippen LogP contribution in [-0.2, 0) is 23.8 Å². The standard InChI is InChI=1S/C16H16O8/c1-3-14(19)22-8-11(24-15(20)4-2)9-23-16(21)12-6-5-10(17)7-13(12)18/h3-7,11,17-18H,1-2,8-9H2. The minimum Gasteiger partial charge on any atom is -0.508 e. The van der Waals surface area contributed by atoms with Gasteiger partial charge in [0.2, 0.25) is 0 Å². The van der Waals surface area contributed by atoms with E-state index in [4.69, 9.17) is 14.2 Å². The summed E-state index contributed by atoms with van der Waals surface area (Å²) in [6.45, 7) is 5.65. The highest BCUT2D eigenvalue weighted by molar-refractivity contribution is 5.92. The number of esters is 3. The van der Waals surface area contributed by atoms with Crippen LogP contribution in [0.5, 0.6) is 11.5 Å². The second-order valence-corrected chi connectivity index (χ2v) is 4.40. The van der Waals surface area contributed by atoms with E-state index in [1.807, 2.05) is 0 Å². The highest BCUT2D eigenvalue weighted by Gasteiger charge is 2.20. The maximum atomic E-state index is 11.9. The summed E-state index contributed by atoms with van der Waals surface area (Å²) >= 11 is 0. The Morgan fingerprint density at radius 1 is 1.04 bits per heavy atom. The molecule has 0 amide bonds. The van der Waals surface area contributed by atoms with Crippen LogP contribution in [0.25, 0.3) is 0 Å². The quantitative estimate of drug-likeness (QED) is 0.411. The lowest BCUT2D eigenvalue weighted by Crippen LogP contribution is -2.30. The maximum absolute atomic E-state index is 11.9. The SMILES string of the molecule is C=CC(=O)OCC(COC(=O)c1ccc(O)cc1O)OC(=O)C=C. The normalized spacial score (nSPS) is 11.0. The number of ether oxygens (including phenoxy) is 3. The zero-order valence-corrected chi connectivity index (χ0v) is 12.6. The van der Waals surface area contributed by atoms with Crippen molar-refractivity contribution in [2.75, 3.05) is 13.2 Å². The number of carbonyl (C=O) groups excluding carboxylic acids is 3. The first kappa shape index (κ1) is 18.8. The van der Waals surface area contributed by atoms with Crippen LogP contribution in [0.15, 0.2) is 43.5 Å². The predicted molar refractivity (Wildman–Crippen MR) is 81.3 cm³/mol. The molecule has 0 aliphatic carbocycles. The number of rotatable bonds is 8. The average Bonchev–Trinajstić information content (AvgIpc) is 2.56. The third kappa shape index (κ3) is 5.84. The van der Waals surface area contributed by atoms with Crippen molar-refractivity contribution in [1.82, 2.24) is 0 Å². The number of phenolic OH excluding ortho intramolecular Hbond substituents is 2. The van der Waals surface area contributed by atoms with Gasteiger partial charge in [0.25, 0.3) is 0 Å². The molecule has 1 unspecified atom stereocenters. The molecular weight excluding hydrogens is 320 g/mol. The number of carbonyl (C=O) groups is 3. The zero-order chi connectivity index (χ0) is 18.1. The van der Waals surface area contributed by atoms with Crippen molar-refractivity contribution in [2.45, 2.75) is 6.10 Å². The van der Waals surface area contributed by atoms with Gasteiger partial charge in [-0.05, 0) is 12.1 Å². The van der Waals surface area contributed by atoms with Gasteiger partial charge in [0, 0.05) is 18.2 Å². The Morgan fingerprint density at radius 3 is 2.25 bits per heavy atom. The molecule has 1 rings (SSSR count). The molecule has 0 aliphatic heterocycles. The van der Waals surface area contributed by atoms with Crippen molar-refractivity contribution in [3.05, 3.63) is 49.1 Å². The lowest BCUT2D eigenvalue weighted by Gasteiger charge is -2.17. The van der Waals surface area contributed by atoms with Gasteiger partial charge in [-0.25, -0.2) is 14.4 Å². The minimum atomic E-state index is -1.07. The van der Waals surface area contributed by atoms with Crippen LogP contribution < -0.4 is 0 Å². The van der Waals surface area contributed by atoms with Gasteiger partial charge in [-0.1, -0.05) is 13.2 Å². The fourth-order valence-electron chi connectivity index (χ4n) is 1.50. The fraction of sp³-hybridized carbons (Fsp3) is 0.188. The molecule has 0 aromatic heterocycles. The molecule has 0 fully saturated rings. The summed E-state index contributed by atoms with van der Waals surface area (Å²) in [5, 5.41) is 18.8. The molecule has 8 nitrogen and oxygen atoms in total. The topological polar surface area (TPSA) is 119 Å². The van der Waals surface area contributed by atoms with Gasteiger partial charge in [-0.15, -0.1) is 0 Å². The van der Waals surface area contributed by atoms with Crippen LogP contribution in [0.1, 0.15) is 10.4 Å². The molecule has 0 saturated heterocycles. The van der Waals surface area contributed by atoms with Gasteiger partial charge in [-0.2, -0.15) is 0 Å². The van der Waals surface area contributed by atoms with Gasteiger partial charge in [-0.3, -0.25) is 0 Å². The average molecular weight is 336 g/mol. The van der Waals surface area contributed by atoms with Crippen molar-refractivity contribution in [3.8, 4) is 11.5 Å². The highest BCUT2D eigenvalue weighted by Crippen LogP contribution is 2.23. The summed E-state index contributed by atoms with van der Waals surface area (Å²) in [7, 11) is 0. The Kier molecular flexibility index (Phi) is 7.02. The van der Waals surface area contributed by atoms with E-state index in [0.29, 0.717) is 0 Å². The van der Waals surface area contributed by atoms with E-state index in [1.165, 1.54) is 6.07 Å². The summed E-state index contributed by atoms with van der Waals surface area (Å²) in [5.41, 5.74) is -0.190. The molecule has 0 bridgehead atoms. The fourth-order valence-corrected chi connectivity index (χ4v) is 1.50. The third-order valence-electron chi connectivity index (χ3n) is 2.63. The Labute approximate surface area is 137 Å². The monoisotopic (exact) mass is 336 g/mol. The summed E-state index contributed by atoms with van der Waals surface area (Å²) in [6, 6.07) is 3.32. The van der Waals surface area contributed by atoms with Crippen molar-refractivity contribution in [1.29, 1.82) is 0 Å². The molecule has 8 heteroatoms. The summed E-state index contributed by atoms with van der Waals surface area (Å²) in [6.07, 6.45) is 0.755. The van der Waals surface area contributed by atoms with E-state index in [9.17, 15) is 24.6 Å². The molecule has 128 valence electrons. The van der Waals surface area contributed by atoms with Crippen LogP contribution in [0.4, 0.5) is 0 Å². The minimum absolute atomic E-state index is 0.190. The van der Waals surface area contributed by atoms with Crippen LogP contribution in [-0.4, -0.2) is 47.4 Å². The van der Waals surface area contributed by atoms with Crippen LogP contribution in [0.2, 0.25) is 0 Å². The lowest BCUT2D eigenvalue weighted by atomic mass is 10.2. The Morgan fingerprint density at radius 2 is 1.67 bits per heavy atom. The van der Waals surface area contributed by atoms with E-state index in [0.717, 1.165) is 24.3 Å². The third-order valence-corrected chi connectivity index (χ3v) is 2.63. The molecule has 1 aromatic carbocycles. The summed E-state index contributed by atoms with van der Waals surface area (Å²) < 4.78 is 14.5. The van der Waals surface area contributed by atoms with Crippen molar-refractivity contribution in [2.24, 2.45) is 0 Å². The molecule has 2 N–H and O–H groups in total. The predicted octanol–water partition coefficient (Wildman–Crippen LogP) is 1.08. The van der Waals surface area contributed by atoms with E-state index in [2.05, 4.69) is 13.2 Å². The second-order valence-electron chi connectivity index (χ2n) is 4.40.